The minimum Gasteiger partial charge on any atom is -0.496 e. The summed E-state index contributed by atoms with van der Waals surface area (Å²) in [5.74, 6) is 0.240. The van der Waals surface area contributed by atoms with Crippen LogP contribution in [0.5, 0.6) is 5.75 Å². The SMILES string of the molecule is COc1c(C(C)C(C#N)c2ccc(NS(C)(=O)=O)cc2)cc(Br)cc1C(C)(C)C. The van der Waals surface area contributed by atoms with Gasteiger partial charge in [0.1, 0.15) is 5.75 Å². The highest BCUT2D eigenvalue weighted by molar-refractivity contribution is 9.10. The number of sulfonamides is 1. The van der Waals surface area contributed by atoms with E-state index in [4.69, 9.17) is 4.74 Å². The van der Waals surface area contributed by atoms with Crippen molar-refractivity contribution in [1.29, 1.82) is 5.26 Å². The summed E-state index contributed by atoms with van der Waals surface area (Å²) < 4.78 is 32.0. The van der Waals surface area contributed by atoms with E-state index >= 15 is 0 Å². The van der Waals surface area contributed by atoms with Gasteiger partial charge in [-0.15, -0.1) is 0 Å². The Kier molecular flexibility index (Phi) is 7.02. The van der Waals surface area contributed by atoms with Gasteiger partial charge in [-0.25, -0.2) is 8.42 Å². The molecule has 0 radical (unpaired) electrons. The fraction of sp³-hybridized carbons (Fsp3) is 0.409. The van der Waals surface area contributed by atoms with Gasteiger partial charge >= 0.3 is 0 Å². The van der Waals surface area contributed by atoms with Gasteiger partial charge in [0.15, 0.2) is 0 Å². The zero-order valence-electron chi connectivity index (χ0n) is 17.6. The van der Waals surface area contributed by atoms with Crippen LogP contribution in [-0.2, 0) is 15.4 Å². The van der Waals surface area contributed by atoms with Crippen molar-refractivity contribution in [3.63, 3.8) is 0 Å². The average Bonchev–Trinajstić information content (AvgIpc) is 2.61. The molecule has 0 amide bonds. The molecule has 0 fully saturated rings. The Morgan fingerprint density at radius 3 is 2.21 bits per heavy atom. The Morgan fingerprint density at radius 2 is 1.76 bits per heavy atom. The van der Waals surface area contributed by atoms with Crippen molar-refractivity contribution in [1.82, 2.24) is 0 Å². The predicted octanol–water partition coefficient (Wildman–Crippen LogP) is 5.54. The van der Waals surface area contributed by atoms with Crippen molar-refractivity contribution in [3.8, 4) is 11.8 Å². The highest BCUT2D eigenvalue weighted by atomic mass is 79.9. The number of ether oxygens (including phenoxy) is 1. The van der Waals surface area contributed by atoms with Gasteiger partial charge in [0.25, 0.3) is 0 Å². The molecule has 0 aliphatic rings. The van der Waals surface area contributed by atoms with E-state index in [-0.39, 0.29) is 11.3 Å². The Morgan fingerprint density at radius 1 is 1.17 bits per heavy atom. The van der Waals surface area contributed by atoms with Gasteiger partial charge in [-0.2, -0.15) is 5.26 Å². The minimum absolute atomic E-state index is 0.120. The molecule has 0 spiro atoms. The van der Waals surface area contributed by atoms with E-state index < -0.39 is 15.9 Å². The quantitative estimate of drug-likeness (QED) is 0.590. The van der Waals surface area contributed by atoms with Crippen molar-refractivity contribution in [3.05, 3.63) is 57.6 Å². The summed E-state index contributed by atoms with van der Waals surface area (Å²) in [6.45, 7) is 8.39. The molecule has 0 bridgehead atoms. The monoisotopic (exact) mass is 478 g/mol. The summed E-state index contributed by atoms with van der Waals surface area (Å²) >= 11 is 3.60. The zero-order valence-corrected chi connectivity index (χ0v) is 20.0. The van der Waals surface area contributed by atoms with Crippen molar-refractivity contribution >= 4 is 31.6 Å². The van der Waals surface area contributed by atoms with E-state index in [0.29, 0.717) is 5.69 Å². The second kappa shape index (κ2) is 8.76. The van der Waals surface area contributed by atoms with Crippen LogP contribution >= 0.6 is 15.9 Å². The van der Waals surface area contributed by atoms with Gasteiger partial charge < -0.3 is 4.74 Å². The molecule has 2 atom stereocenters. The fourth-order valence-electron chi connectivity index (χ4n) is 3.36. The van der Waals surface area contributed by atoms with Crippen LogP contribution in [0.4, 0.5) is 5.69 Å². The topological polar surface area (TPSA) is 79.2 Å². The van der Waals surface area contributed by atoms with Crippen LogP contribution in [0.2, 0.25) is 0 Å². The van der Waals surface area contributed by atoms with E-state index in [0.717, 1.165) is 33.2 Å². The number of anilines is 1. The van der Waals surface area contributed by atoms with E-state index in [1.165, 1.54) is 0 Å². The van der Waals surface area contributed by atoms with Crippen LogP contribution in [0.25, 0.3) is 0 Å². The zero-order chi connectivity index (χ0) is 22.0. The molecule has 0 saturated heterocycles. The smallest absolute Gasteiger partial charge is 0.229 e. The third-order valence-corrected chi connectivity index (χ3v) is 5.86. The van der Waals surface area contributed by atoms with Gasteiger partial charge in [0.05, 0.1) is 25.4 Å². The molecule has 2 aromatic carbocycles. The molecule has 0 aromatic heterocycles. The fourth-order valence-corrected chi connectivity index (χ4v) is 4.40. The number of methoxy groups -OCH3 is 1. The molecule has 0 saturated carbocycles. The predicted molar refractivity (Wildman–Crippen MR) is 121 cm³/mol. The van der Waals surface area contributed by atoms with Crippen LogP contribution in [0, 0.1) is 11.3 Å². The Hall–Kier alpha value is -2.04. The molecule has 156 valence electrons. The van der Waals surface area contributed by atoms with Crippen LogP contribution in [-0.4, -0.2) is 21.8 Å². The number of rotatable bonds is 6. The Balaban J connectivity index is 2.48. The lowest BCUT2D eigenvalue weighted by Gasteiger charge is -2.28. The van der Waals surface area contributed by atoms with Crippen LogP contribution < -0.4 is 9.46 Å². The number of benzene rings is 2. The van der Waals surface area contributed by atoms with E-state index in [1.807, 2.05) is 13.0 Å². The van der Waals surface area contributed by atoms with Crippen molar-refractivity contribution in [2.75, 3.05) is 18.1 Å². The summed E-state index contributed by atoms with van der Waals surface area (Å²) in [5, 5.41) is 9.91. The summed E-state index contributed by atoms with van der Waals surface area (Å²) in [5.41, 5.74) is 3.19. The number of hydrogen-bond acceptors (Lipinski definition) is 4. The normalized spacial score (nSPS) is 14.0. The van der Waals surface area contributed by atoms with Gasteiger partial charge in [-0.1, -0.05) is 55.8 Å². The van der Waals surface area contributed by atoms with Gasteiger partial charge in [-0.05, 0) is 40.8 Å². The van der Waals surface area contributed by atoms with Crippen LogP contribution in [0.3, 0.4) is 0 Å². The summed E-state index contributed by atoms with van der Waals surface area (Å²) in [6.07, 6.45) is 1.10. The number of halogens is 1. The lowest BCUT2D eigenvalue weighted by Crippen LogP contribution is -2.16. The maximum atomic E-state index is 11.4. The van der Waals surface area contributed by atoms with E-state index in [2.05, 4.69) is 53.6 Å². The number of hydrogen-bond donors (Lipinski definition) is 1. The maximum Gasteiger partial charge on any atom is 0.229 e. The molecule has 2 rings (SSSR count). The molecular weight excluding hydrogens is 452 g/mol. The van der Waals surface area contributed by atoms with E-state index in [9.17, 15) is 13.7 Å². The first-order chi connectivity index (χ1) is 13.4. The molecule has 29 heavy (non-hydrogen) atoms. The van der Waals surface area contributed by atoms with Crippen molar-refractivity contribution in [2.45, 2.75) is 44.9 Å². The maximum absolute atomic E-state index is 11.4. The molecule has 0 aliphatic carbocycles. The molecule has 1 N–H and O–H groups in total. The molecule has 2 aromatic rings. The second-order valence-electron chi connectivity index (χ2n) is 8.22. The second-order valence-corrected chi connectivity index (χ2v) is 10.9. The molecule has 2 unspecified atom stereocenters. The van der Waals surface area contributed by atoms with Gasteiger partial charge in [0.2, 0.25) is 10.0 Å². The summed E-state index contributed by atoms with van der Waals surface area (Å²) in [6, 6.07) is 13.4. The Labute approximate surface area is 182 Å². The average molecular weight is 479 g/mol. The first-order valence-electron chi connectivity index (χ1n) is 9.22. The third-order valence-electron chi connectivity index (χ3n) is 4.80. The highest BCUT2D eigenvalue weighted by Gasteiger charge is 2.28. The summed E-state index contributed by atoms with van der Waals surface area (Å²) in [7, 11) is -1.69. The van der Waals surface area contributed by atoms with E-state index in [1.54, 1.807) is 31.4 Å². The molecular formula is C22H27BrN2O3S. The Bertz CT molecular complexity index is 1020. The lowest BCUT2D eigenvalue weighted by atomic mass is 9.79. The van der Waals surface area contributed by atoms with Crippen molar-refractivity contribution < 1.29 is 13.2 Å². The van der Waals surface area contributed by atoms with Crippen LogP contribution in [0.1, 0.15) is 56.2 Å². The first kappa shape index (κ1) is 23.2. The molecule has 0 aliphatic heterocycles. The number of nitriles is 1. The number of nitrogens with one attached hydrogen (secondary N) is 1. The number of nitrogens with zero attached hydrogens (tertiary/aromatic N) is 1. The molecule has 0 heterocycles. The van der Waals surface area contributed by atoms with Crippen molar-refractivity contribution in [2.24, 2.45) is 0 Å². The van der Waals surface area contributed by atoms with Crippen LogP contribution in [0.15, 0.2) is 40.9 Å². The highest BCUT2D eigenvalue weighted by Crippen LogP contribution is 2.43. The summed E-state index contributed by atoms with van der Waals surface area (Å²) in [4.78, 5) is 0. The molecule has 7 heteroatoms. The third kappa shape index (κ3) is 5.74. The first-order valence-corrected chi connectivity index (χ1v) is 11.9. The van der Waals surface area contributed by atoms with Gasteiger partial charge in [-0.3, -0.25) is 4.72 Å². The largest absolute Gasteiger partial charge is 0.496 e. The molecule has 5 nitrogen and oxygen atoms in total. The minimum atomic E-state index is -3.34. The standard InChI is InChI=1S/C22H27BrN2O3S/c1-14(18-11-16(23)12-20(21(18)28-5)22(2,3)4)19(13-24)15-7-9-17(10-8-15)25-29(6,26)27/h7-12,14,19,25H,1-6H3. The van der Waals surface area contributed by atoms with Gasteiger partial charge in [0, 0.05) is 21.6 Å². The lowest BCUT2D eigenvalue weighted by molar-refractivity contribution is 0.388.